The van der Waals surface area contributed by atoms with Crippen molar-refractivity contribution in [1.82, 2.24) is 9.38 Å². The lowest BCUT2D eigenvalue weighted by Gasteiger charge is -2.08. The molecule has 2 heterocycles. The Labute approximate surface area is 128 Å². The molecule has 0 spiro atoms. The topological polar surface area (TPSA) is 43.6 Å². The molecule has 0 amide bonds. The van der Waals surface area contributed by atoms with Gasteiger partial charge < -0.3 is 4.74 Å². The van der Waals surface area contributed by atoms with Crippen molar-refractivity contribution >= 4 is 39.5 Å². The number of benzene rings is 1. The summed E-state index contributed by atoms with van der Waals surface area (Å²) in [4.78, 5) is 16.8. The summed E-state index contributed by atoms with van der Waals surface area (Å²) in [6, 6.07) is 6.58. The van der Waals surface area contributed by atoms with Gasteiger partial charge in [0, 0.05) is 17.6 Å². The number of hydrogen-bond donors (Lipinski definition) is 0. The molecule has 0 bridgehead atoms. The van der Waals surface area contributed by atoms with Crippen molar-refractivity contribution in [2.75, 3.05) is 0 Å². The van der Waals surface area contributed by atoms with E-state index in [1.165, 1.54) is 21.8 Å². The number of rotatable bonds is 3. The van der Waals surface area contributed by atoms with Crippen LogP contribution in [-0.2, 0) is 6.61 Å². The van der Waals surface area contributed by atoms with Crippen LogP contribution in [0, 0.1) is 0 Å². The lowest BCUT2D eigenvalue weighted by molar-refractivity contribution is 0.301. The molecule has 2 aromatic heterocycles. The summed E-state index contributed by atoms with van der Waals surface area (Å²) in [5, 5.41) is 2.58. The van der Waals surface area contributed by atoms with E-state index in [1.54, 1.807) is 24.4 Å². The van der Waals surface area contributed by atoms with Crippen LogP contribution in [0.25, 0.3) is 4.96 Å². The summed E-state index contributed by atoms with van der Waals surface area (Å²) < 4.78 is 7.05. The number of halogens is 2. The van der Waals surface area contributed by atoms with Gasteiger partial charge in [-0.05, 0) is 12.1 Å². The van der Waals surface area contributed by atoms with E-state index in [0.717, 1.165) is 0 Å². The van der Waals surface area contributed by atoms with Crippen LogP contribution in [0.15, 0.2) is 40.6 Å². The third kappa shape index (κ3) is 2.52. The fraction of sp³-hybridized carbons (Fsp3) is 0.0769. The number of thiazole rings is 1. The Morgan fingerprint density at radius 3 is 3.05 bits per heavy atom. The Morgan fingerprint density at radius 2 is 2.20 bits per heavy atom. The largest absolute Gasteiger partial charge is 0.486 e. The maximum atomic E-state index is 11.8. The molecule has 4 nitrogen and oxygen atoms in total. The first-order valence-electron chi connectivity index (χ1n) is 5.68. The highest BCUT2D eigenvalue weighted by Gasteiger charge is 2.08. The predicted molar refractivity (Wildman–Crippen MR) is 80.1 cm³/mol. The zero-order valence-corrected chi connectivity index (χ0v) is 12.4. The first kappa shape index (κ1) is 13.4. The van der Waals surface area contributed by atoms with Crippen LogP contribution in [0.5, 0.6) is 5.75 Å². The van der Waals surface area contributed by atoms with Crippen molar-refractivity contribution in [3.05, 3.63) is 61.9 Å². The zero-order chi connectivity index (χ0) is 14.1. The molecule has 0 fully saturated rings. The standard InChI is InChI=1S/C13H8Cl2N2O2S/c14-9-2-1-3-10(12(9)15)19-7-8-6-11(18)17-4-5-20-13(17)16-8/h1-6H,7H2. The van der Waals surface area contributed by atoms with Gasteiger partial charge in [0.15, 0.2) is 4.96 Å². The second kappa shape index (κ2) is 5.44. The maximum absolute atomic E-state index is 11.8. The average Bonchev–Trinajstić information content (AvgIpc) is 2.89. The third-order valence-corrected chi connectivity index (χ3v) is 4.21. The number of nitrogens with zero attached hydrogens (tertiary/aromatic N) is 2. The molecule has 3 rings (SSSR count). The number of hydrogen-bond acceptors (Lipinski definition) is 4. The molecule has 0 radical (unpaired) electrons. The van der Waals surface area contributed by atoms with Gasteiger partial charge in [-0.15, -0.1) is 11.3 Å². The minimum atomic E-state index is -0.132. The Morgan fingerprint density at radius 1 is 1.35 bits per heavy atom. The highest BCUT2D eigenvalue weighted by Crippen LogP contribution is 2.31. The summed E-state index contributed by atoms with van der Waals surface area (Å²) in [6.45, 7) is 0.156. The first-order valence-corrected chi connectivity index (χ1v) is 7.31. The van der Waals surface area contributed by atoms with E-state index in [4.69, 9.17) is 27.9 Å². The normalized spacial score (nSPS) is 10.9. The van der Waals surface area contributed by atoms with Gasteiger partial charge in [0.05, 0.1) is 10.7 Å². The average molecular weight is 327 g/mol. The maximum Gasteiger partial charge on any atom is 0.258 e. The molecule has 0 saturated carbocycles. The van der Waals surface area contributed by atoms with Crippen molar-refractivity contribution < 1.29 is 4.74 Å². The zero-order valence-electron chi connectivity index (χ0n) is 10.0. The molecule has 0 aliphatic carbocycles. The van der Waals surface area contributed by atoms with Gasteiger partial charge in [-0.3, -0.25) is 9.20 Å². The molecule has 3 aromatic rings. The van der Waals surface area contributed by atoms with Crippen molar-refractivity contribution in [1.29, 1.82) is 0 Å². The van der Waals surface area contributed by atoms with Gasteiger partial charge in [-0.25, -0.2) is 4.98 Å². The molecule has 0 N–H and O–H groups in total. The molecule has 7 heteroatoms. The third-order valence-electron chi connectivity index (χ3n) is 2.65. The number of ether oxygens (including phenoxy) is 1. The van der Waals surface area contributed by atoms with E-state index >= 15 is 0 Å². The first-order chi connectivity index (χ1) is 9.65. The fourth-order valence-corrected chi connectivity index (χ4v) is 2.79. The molecule has 102 valence electrons. The number of aromatic nitrogens is 2. The molecular formula is C13H8Cl2N2O2S. The Bertz CT molecular complexity index is 829. The summed E-state index contributed by atoms with van der Waals surface area (Å²) >= 11 is 13.3. The minimum absolute atomic E-state index is 0.132. The molecule has 0 atom stereocenters. The van der Waals surface area contributed by atoms with Gasteiger partial charge in [0.2, 0.25) is 0 Å². The summed E-state index contributed by atoms with van der Waals surface area (Å²) in [5.41, 5.74) is 0.417. The van der Waals surface area contributed by atoms with Gasteiger partial charge in [0.1, 0.15) is 17.4 Å². The van der Waals surface area contributed by atoms with Crippen LogP contribution in [0.4, 0.5) is 0 Å². The minimum Gasteiger partial charge on any atom is -0.486 e. The molecule has 0 saturated heterocycles. The van der Waals surface area contributed by atoms with Gasteiger partial charge >= 0.3 is 0 Å². The van der Waals surface area contributed by atoms with Crippen molar-refractivity contribution in [2.45, 2.75) is 6.61 Å². The smallest absolute Gasteiger partial charge is 0.258 e. The molecular weight excluding hydrogens is 319 g/mol. The lowest BCUT2D eigenvalue weighted by Crippen LogP contribution is -2.14. The highest BCUT2D eigenvalue weighted by atomic mass is 35.5. The van der Waals surface area contributed by atoms with E-state index in [1.807, 2.05) is 5.38 Å². The Kier molecular flexibility index (Phi) is 3.65. The van der Waals surface area contributed by atoms with E-state index in [2.05, 4.69) is 4.98 Å². The fourth-order valence-electron chi connectivity index (χ4n) is 1.71. The lowest BCUT2D eigenvalue weighted by atomic mass is 10.3. The summed E-state index contributed by atoms with van der Waals surface area (Å²) in [6.07, 6.45) is 1.69. The van der Waals surface area contributed by atoms with Crippen molar-refractivity contribution in [2.24, 2.45) is 0 Å². The van der Waals surface area contributed by atoms with E-state index in [9.17, 15) is 4.79 Å². The summed E-state index contributed by atoms with van der Waals surface area (Å²) in [7, 11) is 0. The van der Waals surface area contributed by atoms with Gasteiger partial charge in [-0.1, -0.05) is 29.3 Å². The Balaban J connectivity index is 1.86. The van der Waals surface area contributed by atoms with Crippen LogP contribution in [0.3, 0.4) is 0 Å². The molecule has 0 aliphatic rings. The highest BCUT2D eigenvalue weighted by molar-refractivity contribution is 7.15. The number of fused-ring (bicyclic) bond motifs is 1. The van der Waals surface area contributed by atoms with Gasteiger partial charge in [0.25, 0.3) is 5.56 Å². The predicted octanol–water partition coefficient (Wildman–Crippen LogP) is 3.64. The van der Waals surface area contributed by atoms with E-state index in [0.29, 0.717) is 26.4 Å². The van der Waals surface area contributed by atoms with Crippen molar-refractivity contribution in [3.63, 3.8) is 0 Å². The molecule has 20 heavy (non-hydrogen) atoms. The van der Waals surface area contributed by atoms with Crippen LogP contribution in [0.1, 0.15) is 5.69 Å². The van der Waals surface area contributed by atoms with Crippen LogP contribution in [-0.4, -0.2) is 9.38 Å². The van der Waals surface area contributed by atoms with E-state index < -0.39 is 0 Å². The van der Waals surface area contributed by atoms with E-state index in [-0.39, 0.29) is 12.2 Å². The van der Waals surface area contributed by atoms with Crippen LogP contribution >= 0.6 is 34.5 Å². The monoisotopic (exact) mass is 326 g/mol. The second-order valence-corrected chi connectivity index (χ2v) is 5.64. The molecule has 0 aliphatic heterocycles. The van der Waals surface area contributed by atoms with Crippen LogP contribution < -0.4 is 10.3 Å². The summed E-state index contributed by atoms with van der Waals surface area (Å²) in [5.74, 6) is 0.465. The quantitative estimate of drug-likeness (QED) is 0.738. The second-order valence-electron chi connectivity index (χ2n) is 3.98. The Hall–Kier alpha value is -1.56. The van der Waals surface area contributed by atoms with Crippen LogP contribution in [0.2, 0.25) is 10.0 Å². The van der Waals surface area contributed by atoms with Crippen molar-refractivity contribution in [3.8, 4) is 5.75 Å². The SMILES string of the molecule is O=c1cc(COc2cccc(Cl)c2Cl)nc2sccn12. The molecule has 0 unspecified atom stereocenters. The van der Waals surface area contributed by atoms with Gasteiger partial charge in [-0.2, -0.15) is 0 Å². The molecule has 1 aromatic carbocycles.